The average molecular weight is 303 g/mol. The highest BCUT2D eigenvalue weighted by Crippen LogP contribution is 2.29. The molecule has 0 fully saturated rings. The highest BCUT2D eigenvalue weighted by Gasteiger charge is 2.13. The van der Waals surface area contributed by atoms with Gasteiger partial charge in [0.25, 0.3) is 0 Å². The molecular weight excluding hydrogens is 286 g/mol. The zero-order valence-corrected chi connectivity index (χ0v) is 13.0. The van der Waals surface area contributed by atoms with Crippen LogP contribution < -0.4 is 5.73 Å². The number of hydrogen-bond acceptors (Lipinski definition) is 4. The van der Waals surface area contributed by atoms with Gasteiger partial charge in [0, 0.05) is 23.8 Å². The normalized spacial score (nSPS) is 11.3. The van der Waals surface area contributed by atoms with E-state index in [1.807, 2.05) is 0 Å². The van der Waals surface area contributed by atoms with E-state index >= 15 is 0 Å². The van der Waals surface area contributed by atoms with Crippen molar-refractivity contribution in [3.05, 3.63) is 52.7 Å². The van der Waals surface area contributed by atoms with Gasteiger partial charge in [-0.2, -0.15) is 0 Å². The second-order valence-corrected chi connectivity index (χ2v) is 6.51. The molecule has 0 atom stereocenters. The summed E-state index contributed by atoms with van der Waals surface area (Å²) in [5.74, 6) is 0.953. The first-order valence-electron chi connectivity index (χ1n) is 6.61. The Morgan fingerprint density at radius 3 is 3.00 bits per heavy atom. The SMILES string of the molecule is Cc1ccccc1CSc1nc2sccn2c1CCN. The summed E-state index contributed by atoms with van der Waals surface area (Å²) in [6.45, 7) is 2.81. The lowest BCUT2D eigenvalue weighted by molar-refractivity contribution is 0.878. The van der Waals surface area contributed by atoms with Crippen LogP contribution in [0.2, 0.25) is 0 Å². The number of nitrogens with two attached hydrogens (primary N) is 1. The lowest BCUT2D eigenvalue weighted by Crippen LogP contribution is -2.05. The Bertz CT molecular complexity index is 715. The van der Waals surface area contributed by atoms with E-state index in [2.05, 4.69) is 47.2 Å². The molecule has 0 radical (unpaired) electrons. The number of benzene rings is 1. The molecule has 0 bridgehead atoms. The van der Waals surface area contributed by atoms with Gasteiger partial charge in [0.15, 0.2) is 4.96 Å². The topological polar surface area (TPSA) is 43.3 Å². The maximum absolute atomic E-state index is 5.73. The molecule has 0 aliphatic heterocycles. The molecule has 2 aromatic heterocycles. The van der Waals surface area contributed by atoms with Gasteiger partial charge in [-0.1, -0.05) is 36.0 Å². The molecule has 3 nitrogen and oxygen atoms in total. The quantitative estimate of drug-likeness (QED) is 0.734. The maximum Gasteiger partial charge on any atom is 0.194 e. The van der Waals surface area contributed by atoms with Crippen LogP contribution in [0.5, 0.6) is 0 Å². The van der Waals surface area contributed by atoms with Crippen LogP contribution in [0.1, 0.15) is 16.8 Å². The largest absolute Gasteiger partial charge is 0.330 e. The first-order chi connectivity index (χ1) is 9.79. The summed E-state index contributed by atoms with van der Waals surface area (Å²) in [5.41, 5.74) is 9.67. The third-order valence-corrected chi connectivity index (χ3v) is 5.14. The van der Waals surface area contributed by atoms with Crippen LogP contribution in [0.25, 0.3) is 4.96 Å². The number of rotatable bonds is 5. The fourth-order valence-corrected chi connectivity index (χ4v) is 4.14. The van der Waals surface area contributed by atoms with Gasteiger partial charge in [0.2, 0.25) is 0 Å². The molecule has 0 amide bonds. The molecule has 5 heteroatoms. The van der Waals surface area contributed by atoms with Crippen LogP contribution in [0, 0.1) is 6.92 Å². The van der Waals surface area contributed by atoms with Gasteiger partial charge in [0.1, 0.15) is 5.03 Å². The number of imidazole rings is 1. The molecule has 0 aliphatic carbocycles. The molecule has 0 saturated heterocycles. The minimum Gasteiger partial charge on any atom is -0.330 e. The number of nitrogens with zero attached hydrogens (tertiary/aromatic N) is 2. The summed E-state index contributed by atoms with van der Waals surface area (Å²) in [5, 5.41) is 3.18. The molecule has 20 heavy (non-hydrogen) atoms. The molecule has 2 N–H and O–H groups in total. The molecule has 104 valence electrons. The highest BCUT2D eigenvalue weighted by molar-refractivity contribution is 7.98. The van der Waals surface area contributed by atoms with Crippen molar-refractivity contribution in [3.63, 3.8) is 0 Å². The van der Waals surface area contributed by atoms with Crippen molar-refractivity contribution < 1.29 is 0 Å². The van der Waals surface area contributed by atoms with E-state index in [4.69, 9.17) is 10.7 Å². The third-order valence-electron chi connectivity index (χ3n) is 3.33. The molecule has 0 unspecified atom stereocenters. The first-order valence-corrected chi connectivity index (χ1v) is 8.48. The van der Waals surface area contributed by atoms with Crippen molar-refractivity contribution in [2.75, 3.05) is 6.54 Å². The van der Waals surface area contributed by atoms with E-state index in [0.29, 0.717) is 6.54 Å². The van der Waals surface area contributed by atoms with Crippen molar-refractivity contribution >= 4 is 28.1 Å². The summed E-state index contributed by atoms with van der Waals surface area (Å²) in [7, 11) is 0. The van der Waals surface area contributed by atoms with Gasteiger partial charge in [0.05, 0.1) is 5.69 Å². The monoisotopic (exact) mass is 303 g/mol. The second kappa shape index (κ2) is 5.99. The van der Waals surface area contributed by atoms with E-state index in [1.54, 1.807) is 23.1 Å². The Labute approximate surface area is 126 Å². The number of thiazole rings is 1. The van der Waals surface area contributed by atoms with E-state index in [-0.39, 0.29) is 0 Å². The average Bonchev–Trinajstić information content (AvgIpc) is 3.01. The molecular formula is C15H17N3S2. The van der Waals surface area contributed by atoms with Crippen molar-refractivity contribution in [1.29, 1.82) is 0 Å². The summed E-state index contributed by atoms with van der Waals surface area (Å²) in [4.78, 5) is 5.78. The second-order valence-electron chi connectivity index (χ2n) is 4.67. The van der Waals surface area contributed by atoms with Crippen LogP contribution in [-0.4, -0.2) is 15.9 Å². The minimum absolute atomic E-state index is 0.654. The van der Waals surface area contributed by atoms with Gasteiger partial charge in [-0.05, 0) is 24.6 Å². The van der Waals surface area contributed by atoms with Gasteiger partial charge < -0.3 is 5.73 Å². The fourth-order valence-electron chi connectivity index (χ4n) is 2.21. The van der Waals surface area contributed by atoms with Gasteiger partial charge >= 0.3 is 0 Å². The fraction of sp³-hybridized carbons (Fsp3) is 0.267. The number of aromatic nitrogens is 2. The zero-order valence-electron chi connectivity index (χ0n) is 11.4. The molecule has 3 rings (SSSR count). The predicted octanol–water partition coefficient (Wildman–Crippen LogP) is 3.50. The Hall–Kier alpha value is -1.30. The third kappa shape index (κ3) is 2.61. The number of hydrogen-bond donors (Lipinski definition) is 1. The Morgan fingerprint density at radius 2 is 2.20 bits per heavy atom. The summed E-state index contributed by atoms with van der Waals surface area (Å²) in [6.07, 6.45) is 2.95. The minimum atomic E-state index is 0.654. The van der Waals surface area contributed by atoms with Gasteiger partial charge in [-0.3, -0.25) is 4.40 Å². The van der Waals surface area contributed by atoms with Crippen LogP contribution in [0.3, 0.4) is 0 Å². The standard InChI is InChI=1S/C15H17N3S2/c1-11-4-2-3-5-12(11)10-20-14-13(6-7-16)18-8-9-19-15(18)17-14/h2-5,8-9H,6-7,10,16H2,1H3. The summed E-state index contributed by atoms with van der Waals surface area (Å²) >= 11 is 3.47. The Kier molecular flexibility index (Phi) is 4.10. The molecule has 1 aromatic carbocycles. The molecule has 3 aromatic rings. The maximum atomic E-state index is 5.73. The van der Waals surface area contributed by atoms with Gasteiger partial charge in [-0.15, -0.1) is 11.3 Å². The first kappa shape index (κ1) is 13.7. The van der Waals surface area contributed by atoms with Crippen LogP contribution in [0.4, 0.5) is 0 Å². The van der Waals surface area contributed by atoms with E-state index < -0.39 is 0 Å². The van der Waals surface area contributed by atoms with Crippen molar-refractivity contribution in [1.82, 2.24) is 9.38 Å². The molecule has 2 heterocycles. The lowest BCUT2D eigenvalue weighted by atomic mass is 10.1. The lowest BCUT2D eigenvalue weighted by Gasteiger charge is -2.05. The highest BCUT2D eigenvalue weighted by atomic mass is 32.2. The van der Waals surface area contributed by atoms with Crippen molar-refractivity contribution in [2.24, 2.45) is 5.73 Å². The number of fused-ring (bicyclic) bond motifs is 1. The van der Waals surface area contributed by atoms with E-state index in [0.717, 1.165) is 22.2 Å². The van der Waals surface area contributed by atoms with Crippen LogP contribution in [0.15, 0.2) is 40.9 Å². The molecule has 0 aliphatic rings. The van der Waals surface area contributed by atoms with Crippen molar-refractivity contribution in [2.45, 2.75) is 24.1 Å². The van der Waals surface area contributed by atoms with Crippen molar-refractivity contribution in [3.8, 4) is 0 Å². The van der Waals surface area contributed by atoms with E-state index in [1.165, 1.54) is 16.8 Å². The number of thioether (sulfide) groups is 1. The van der Waals surface area contributed by atoms with Crippen LogP contribution in [-0.2, 0) is 12.2 Å². The van der Waals surface area contributed by atoms with Gasteiger partial charge in [-0.25, -0.2) is 4.98 Å². The summed E-state index contributed by atoms with van der Waals surface area (Å²) in [6, 6.07) is 8.51. The zero-order chi connectivity index (χ0) is 13.9. The smallest absolute Gasteiger partial charge is 0.194 e. The predicted molar refractivity (Wildman–Crippen MR) is 86.6 cm³/mol. The van der Waals surface area contributed by atoms with E-state index in [9.17, 15) is 0 Å². The Morgan fingerprint density at radius 1 is 1.35 bits per heavy atom. The molecule has 0 saturated carbocycles. The molecule has 0 spiro atoms. The summed E-state index contributed by atoms with van der Waals surface area (Å²) < 4.78 is 2.16. The van der Waals surface area contributed by atoms with Crippen LogP contribution >= 0.6 is 23.1 Å². The number of aryl methyl sites for hydroxylation is 1. The Balaban J connectivity index is 1.85.